The van der Waals surface area contributed by atoms with Crippen molar-refractivity contribution < 1.29 is 8.95 Å². The number of benzene rings is 1. The maximum absolute atomic E-state index is 13.1. The first-order chi connectivity index (χ1) is 15.1. The molecular weight excluding hydrogens is 489 g/mol. The average molecular weight is 519 g/mol. The van der Waals surface area contributed by atoms with Crippen LogP contribution in [-0.4, -0.2) is 38.8 Å². The van der Waals surface area contributed by atoms with Gasteiger partial charge in [-0.25, -0.2) is 8.93 Å². The topological polar surface area (TPSA) is 93.4 Å². The number of nitrogens with zero attached hydrogens (tertiary/aromatic N) is 3. The maximum Gasteiger partial charge on any atom is 0.209 e. The molecule has 1 aliphatic heterocycles. The number of aromatic nitrogens is 2. The molecule has 0 radical (unpaired) electrons. The molecule has 1 saturated heterocycles. The zero-order valence-electron chi connectivity index (χ0n) is 18.4. The number of piperidine rings is 1. The Hall–Kier alpha value is -1.39. The minimum Gasteiger partial charge on any atom is -0.489 e. The van der Waals surface area contributed by atoms with Gasteiger partial charge >= 0.3 is 0 Å². The van der Waals surface area contributed by atoms with E-state index in [1.165, 1.54) is 11.3 Å². The van der Waals surface area contributed by atoms with Gasteiger partial charge in [0.05, 0.1) is 31.8 Å². The van der Waals surface area contributed by atoms with Gasteiger partial charge in [-0.1, -0.05) is 47.2 Å². The quantitative estimate of drug-likeness (QED) is 0.478. The van der Waals surface area contributed by atoms with Gasteiger partial charge in [0.2, 0.25) is 10.3 Å². The molecule has 11 heteroatoms. The fourth-order valence-electron chi connectivity index (χ4n) is 3.54. The van der Waals surface area contributed by atoms with Crippen LogP contribution in [0.3, 0.4) is 0 Å². The number of nitrogens with two attached hydrogens (primary N) is 1. The van der Waals surface area contributed by atoms with Gasteiger partial charge in [-0.2, -0.15) is 0 Å². The average Bonchev–Trinajstić information content (AvgIpc) is 3.18. The molecule has 1 aromatic carbocycles. The van der Waals surface area contributed by atoms with Crippen LogP contribution in [0, 0.1) is 5.92 Å². The second kappa shape index (κ2) is 10.7. The molecule has 2 aromatic rings. The van der Waals surface area contributed by atoms with E-state index in [9.17, 15) is 4.21 Å². The molecule has 1 aliphatic rings. The van der Waals surface area contributed by atoms with Crippen molar-refractivity contribution in [2.75, 3.05) is 30.3 Å². The highest BCUT2D eigenvalue weighted by atomic mass is 35.5. The summed E-state index contributed by atoms with van der Waals surface area (Å²) >= 11 is 14.1. The molecule has 1 fully saturated rings. The number of hydrogen-bond acceptors (Lipinski definition) is 7. The van der Waals surface area contributed by atoms with E-state index >= 15 is 0 Å². The molecule has 176 valence electrons. The van der Waals surface area contributed by atoms with Crippen molar-refractivity contribution in [3.05, 3.63) is 40.4 Å². The predicted octanol–water partition coefficient (Wildman–Crippen LogP) is 5.00. The number of nitrogens with one attached hydrogen (secondary N) is 1. The van der Waals surface area contributed by atoms with Crippen molar-refractivity contribution in [1.29, 1.82) is 0 Å². The molecule has 2 heterocycles. The van der Waals surface area contributed by atoms with Gasteiger partial charge in [0.1, 0.15) is 12.4 Å². The van der Waals surface area contributed by atoms with Crippen molar-refractivity contribution in [2.24, 2.45) is 5.92 Å². The lowest BCUT2D eigenvalue weighted by molar-refractivity contribution is 0.309. The number of hydrogen-bond donors (Lipinski definition) is 2. The highest BCUT2D eigenvalue weighted by Gasteiger charge is 2.34. The molecule has 2 atom stereocenters. The second-order valence-corrected chi connectivity index (χ2v) is 12.4. The summed E-state index contributed by atoms with van der Waals surface area (Å²) in [5.41, 5.74) is 6.59. The van der Waals surface area contributed by atoms with Gasteiger partial charge in [0.25, 0.3) is 0 Å². The molecule has 0 aliphatic carbocycles. The maximum atomic E-state index is 13.1. The third kappa shape index (κ3) is 6.14. The van der Waals surface area contributed by atoms with Crippen LogP contribution in [0.15, 0.2) is 24.8 Å². The Morgan fingerprint density at radius 2 is 2.00 bits per heavy atom. The van der Waals surface area contributed by atoms with E-state index in [-0.39, 0.29) is 12.0 Å². The van der Waals surface area contributed by atoms with E-state index < -0.39 is 15.7 Å². The number of nitrogen functional groups attached to an aromatic ring is 1. The molecule has 0 spiro atoms. The van der Waals surface area contributed by atoms with Crippen LogP contribution in [0.5, 0.6) is 5.75 Å². The summed E-state index contributed by atoms with van der Waals surface area (Å²) in [4.78, 5) is 2.19. The fraction of sp³-hybridized carbons (Fsp3) is 0.524. The van der Waals surface area contributed by atoms with Crippen LogP contribution in [0.2, 0.25) is 10.0 Å². The summed E-state index contributed by atoms with van der Waals surface area (Å²) in [5, 5.41) is 10.2. The first kappa shape index (κ1) is 25.2. The van der Waals surface area contributed by atoms with Gasteiger partial charge in [-0.05, 0) is 45.6 Å². The summed E-state index contributed by atoms with van der Waals surface area (Å²) in [6, 6.07) is 3.31. The van der Waals surface area contributed by atoms with Crippen molar-refractivity contribution in [3.8, 4) is 5.75 Å². The first-order valence-electron chi connectivity index (χ1n) is 10.3. The fourth-order valence-corrected chi connectivity index (χ4v) is 5.44. The van der Waals surface area contributed by atoms with Crippen LogP contribution >= 0.6 is 34.5 Å². The van der Waals surface area contributed by atoms with Crippen molar-refractivity contribution in [2.45, 2.75) is 44.4 Å². The largest absolute Gasteiger partial charge is 0.489 e. The minimum atomic E-state index is -1.29. The summed E-state index contributed by atoms with van der Waals surface area (Å²) in [6.45, 7) is 11.5. The van der Waals surface area contributed by atoms with Crippen LogP contribution in [0.25, 0.3) is 0 Å². The molecular formula is C21H29Cl2N5O2S2. The van der Waals surface area contributed by atoms with Crippen LogP contribution in [-0.2, 0) is 11.0 Å². The van der Waals surface area contributed by atoms with Gasteiger partial charge in [0, 0.05) is 24.7 Å². The highest BCUT2D eigenvalue weighted by Crippen LogP contribution is 2.41. The van der Waals surface area contributed by atoms with Crippen LogP contribution in [0.1, 0.15) is 45.2 Å². The van der Waals surface area contributed by atoms with Gasteiger partial charge in [-0.15, -0.1) is 10.2 Å². The van der Waals surface area contributed by atoms with Gasteiger partial charge in [0.15, 0.2) is 0 Å². The van der Waals surface area contributed by atoms with Gasteiger partial charge < -0.3 is 15.4 Å². The lowest BCUT2D eigenvalue weighted by Crippen LogP contribution is -2.42. The molecule has 7 nitrogen and oxygen atoms in total. The normalized spacial score (nSPS) is 17.2. The molecule has 3 N–H and O–H groups in total. The Balaban J connectivity index is 1.90. The second-order valence-electron chi connectivity index (χ2n) is 8.63. The van der Waals surface area contributed by atoms with E-state index in [0.717, 1.165) is 36.6 Å². The van der Waals surface area contributed by atoms with Crippen molar-refractivity contribution >= 4 is 55.8 Å². The molecule has 0 bridgehead atoms. The third-order valence-corrected chi connectivity index (χ3v) is 8.36. The van der Waals surface area contributed by atoms with E-state index in [1.54, 1.807) is 12.1 Å². The standard InChI is InChI=1S/C21H29Cl2N5O2S2/c1-5-10-30-17-12-16(23)15(22)11-14(17)18(27-32(29)21(2,3)4)13-6-8-28(9-7-13)20-26-25-19(24)31-20/h5,11-13,18,27H,1,6-10H2,2-4H3,(H2,24,25)/t18-,32?/m1/s1. The number of ether oxygens (including phenoxy) is 1. The zero-order valence-corrected chi connectivity index (χ0v) is 21.6. The van der Waals surface area contributed by atoms with Gasteiger partial charge in [-0.3, -0.25) is 0 Å². The molecule has 0 saturated carbocycles. The minimum absolute atomic E-state index is 0.200. The van der Waals surface area contributed by atoms with E-state index in [4.69, 9.17) is 33.7 Å². The molecule has 32 heavy (non-hydrogen) atoms. The number of rotatable bonds is 8. The van der Waals surface area contributed by atoms with Crippen molar-refractivity contribution in [3.63, 3.8) is 0 Å². The lowest BCUT2D eigenvalue weighted by atomic mass is 9.85. The summed E-state index contributed by atoms with van der Waals surface area (Å²) in [5.74, 6) is 0.813. The van der Waals surface area contributed by atoms with E-state index in [1.807, 2.05) is 26.8 Å². The predicted molar refractivity (Wildman–Crippen MR) is 135 cm³/mol. The Labute approximate surface area is 205 Å². The smallest absolute Gasteiger partial charge is 0.209 e. The number of anilines is 2. The molecule has 1 unspecified atom stereocenters. The SMILES string of the molecule is C=CCOc1cc(Cl)c(Cl)cc1[C@H](NS(=O)C(C)(C)C)C1CCN(c2nnc(N)s2)CC1. The third-order valence-electron chi connectivity index (χ3n) is 5.25. The molecule has 3 rings (SSSR count). The Kier molecular flexibility index (Phi) is 8.43. The summed E-state index contributed by atoms with van der Waals surface area (Å²) in [6.07, 6.45) is 3.40. The molecule has 0 amide bonds. The van der Waals surface area contributed by atoms with E-state index in [0.29, 0.717) is 27.5 Å². The Morgan fingerprint density at radius 1 is 1.34 bits per heavy atom. The Bertz CT molecular complexity index is 972. The highest BCUT2D eigenvalue weighted by molar-refractivity contribution is 7.84. The van der Waals surface area contributed by atoms with Crippen LogP contribution < -0.4 is 20.1 Å². The zero-order chi connectivity index (χ0) is 23.5. The number of halogens is 2. The van der Waals surface area contributed by atoms with Crippen LogP contribution in [0.4, 0.5) is 10.3 Å². The lowest BCUT2D eigenvalue weighted by Gasteiger charge is -2.37. The monoisotopic (exact) mass is 517 g/mol. The Morgan fingerprint density at radius 3 is 2.56 bits per heavy atom. The van der Waals surface area contributed by atoms with Crippen molar-refractivity contribution in [1.82, 2.24) is 14.9 Å². The first-order valence-corrected chi connectivity index (χ1v) is 13.1. The van der Waals surface area contributed by atoms with E-state index in [2.05, 4.69) is 26.4 Å². The summed E-state index contributed by atoms with van der Waals surface area (Å²) in [7, 11) is -1.29. The molecule has 1 aromatic heterocycles. The summed E-state index contributed by atoms with van der Waals surface area (Å²) < 4.78 is 21.9.